The number of rotatable bonds is 4. The molecule has 1 aromatic carbocycles. The predicted molar refractivity (Wildman–Crippen MR) is 105 cm³/mol. The van der Waals surface area contributed by atoms with Crippen LogP contribution < -0.4 is 15.2 Å². The first-order valence-corrected chi connectivity index (χ1v) is 10.4. The zero-order valence-corrected chi connectivity index (χ0v) is 16.4. The van der Waals surface area contributed by atoms with Gasteiger partial charge in [-0.2, -0.15) is 0 Å². The Bertz CT molecular complexity index is 629. The van der Waals surface area contributed by atoms with E-state index in [4.69, 9.17) is 15.2 Å². The van der Waals surface area contributed by atoms with Gasteiger partial charge in [-0.1, -0.05) is 25.3 Å². The van der Waals surface area contributed by atoms with Crippen LogP contribution >= 0.6 is 0 Å². The predicted octanol–water partition coefficient (Wildman–Crippen LogP) is 3.86. The highest BCUT2D eigenvalue weighted by Gasteiger charge is 2.52. The topological polar surface area (TPSA) is 47.7 Å². The molecule has 0 unspecified atom stereocenters. The van der Waals surface area contributed by atoms with Gasteiger partial charge in [0.15, 0.2) is 11.5 Å². The van der Waals surface area contributed by atoms with Crippen molar-refractivity contribution in [2.75, 3.05) is 20.8 Å². The number of likely N-dealkylation sites (tertiary alicyclic amines) is 1. The van der Waals surface area contributed by atoms with Gasteiger partial charge in [-0.15, -0.1) is 0 Å². The Morgan fingerprint density at radius 3 is 2.50 bits per heavy atom. The van der Waals surface area contributed by atoms with Gasteiger partial charge in [0.1, 0.15) is 0 Å². The van der Waals surface area contributed by atoms with E-state index in [0.29, 0.717) is 12.1 Å². The maximum absolute atomic E-state index is 6.45. The first-order valence-electron chi connectivity index (χ1n) is 10.4. The summed E-state index contributed by atoms with van der Waals surface area (Å²) in [6.07, 6.45) is 11.6. The summed E-state index contributed by atoms with van der Waals surface area (Å²) >= 11 is 0. The van der Waals surface area contributed by atoms with Crippen LogP contribution in [0.15, 0.2) is 18.2 Å². The lowest BCUT2D eigenvalue weighted by molar-refractivity contribution is 0.0865. The first-order chi connectivity index (χ1) is 12.7. The lowest BCUT2D eigenvalue weighted by Crippen LogP contribution is -2.53. The second-order valence-corrected chi connectivity index (χ2v) is 8.56. The monoisotopic (exact) mass is 358 g/mol. The quantitative estimate of drug-likeness (QED) is 0.888. The van der Waals surface area contributed by atoms with E-state index in [1.807, 2.05) is 0 Å². The highest BCUT2D eigenvalue weighted by atomic mass is 16.5. The number of hydrogen-bond acceptors (Lipinski definition) is 4. The maximum atomic E-state index is 6.45. The van der Waals surface area contributed by atoms with Gasteiger partial charge < -0.3 is 15.2 Å². The van der Waals surface area contributed by atoms with Crippen molar-refractivity contribution in [3.63, 3.8) is 0 Å². The summed E-state index contributed by atoms with van der Waals surface area (Å²) in [5.41, 5.74) is 8.10. The van der Waals surface area contributed by atoms with Crippen LogP contribution in [-0.2, 0) is 5.41 Å². The summed E-state index contributed by atoms with van der Waals surface area (Å²) in [6.45, 7) is 1.22. The van der Waals surface area contributed by atoms with Gasteiger partial charge >= 0.3 is 0 Å². The van der Waals surface area contributed by atoms with Crippen LogP contribution in [0.3, 0.4) is 0 Å². The Kier molecular flexibility index (Phi) is 5.15. The highest BCUT2D eigenvalue weighted by Crippen LogP contribution is 2.51. The van der Waals surface area contributed by atoms with Crippen LogP contribution in [0, 0.1) is 0 Å². The third kappa shape index (κ3) is 3.01. The summed E-state index contributed by atoms with van der Waals surface area (Å²) in [5, 5.41) is 0. The van der Waals surface area contributed by atoms with E-state index in [1.165, 1.54) is 57.1 Å². The minimum atomic E-state index is 0.229. The van der Waals surface area contributed by atoms with Gasteiger partial charge in [-0.3, -0.25) is 4.90 Å². The van der Waals surface area contributed by atoms with E-state index >= 15 is 0 Å². The Balaban J connectivity index is 1.68. The summed E-state index contributed by atoms with van der Waals surface area (Å²) in [5.74, 6) is 1.67. The fourth-order valence-corrected chi connectivity index (χ4v) is 5.95. The molecular weight excluding hydrogens is 324 g/mol. The van der Waals surface area contributed by atoms with E-state index in [0.717, 1.165) is 30.4 Å². The number of hydrogen-bond donors (Lipinski definition) is 1. The van der Waals surface area contributed by atoms with Crippen LogP contribution in [-0.4, -0.2) is 43.8 Å². The molecule has 1 aliphatic heterocycles. The fourth-order valence-electron chi connectivity index (χ4n) is 5.95. The van der Waals surface area contributed by atoms with Gasteiger partial charge in [0.2, 0.25) is 0 Å². The van der Waals surface area contributed by atoms with E-state index in [2.05, 4.69) is 23.1 Å². The van der Waals surface area contributed by atoms with Crippen molar-refractivity contribution < 1.29 is 9.47 Å². The molecule has 1 saturated heterocycles. The molecule has 3 fully saturated rings. The fraction of sp³-hybridized carbons (Fsp3) is 0.727. The van der Waals surface area contributed by atoms with Crippen molar-refractivity contribution in [1.82, 2.24) is 4.90 Å². The summed E-state index contributed by atoms with van der Waals surface area (Å²) in [6, 6.07) is 8.27. The molecular formula is C22H34N2O2. The minimum Gasteiger partial charge on any atom is -0.493 e. The summed E-state index contributed by atoms with van der Waals surface area (Å²) in [4.78, 5) is 2.84. The molecule has 0 aromatic heterocycles. The highest BCUT2D eigenvalue weighted by molar-refractivity contribution is 5.46. The van der Waals surface area contributed by atoms with E-state index in [9.17, 15) is 0 Å². The molecule has 4 nitrogen and oxygen atoms in total. The summed E-state index contributed by atoms with van der Waals surface area (Å²) < 4.78 is 11.1. The van der Waals surface area contributed by atoms with Gasteiger partial charge in [-0.05, 0) is 62.8 Å². The van der Waals surface area contributed by atoms with Crippen molar-refractivity contribution >= 4 is 0 Å². The molecule has 1 aromatic rings. The van der Waals surface area contributed by atoms with Crippen molar-refractivity contribution in [2.24, 2.45) is 5.73 Å². The van der Waals surface area contributed by atoms with Crippen LogP contribution in [0.5, 0.6) is 11.5 Å². The van der Waals surface area contributed by atoms with Gasteiger partial charge in [0.05, 0.1) is 14.2 Å². The van der Waals surface area contributed by atoms with E-state index < -0.39 is 0 Å². The third-order valence-corrected chi connectivity index (χ3v) is 7.34. The first kappa shape index (κ1) is 18.1. The molecule has 26 heavy (non-hydrogen) atoms. The Morgan fingerprint density at radius 2 is 1.77 bits per heavy atom. The van der Waals surface area contributed by atoms with Gasteiger partial charge in [0.25, 0.3) is 0 Å². The minimum absolute atomic E-state index is 0.229. The lowest BCUT2D eigenvalue weighted by atomic mass is 9.65. The van der Waals surface area contributed by atoms with E-state index in [1.54, 1.807) is 14.2 Å². The summed E-state index contributed by atoms with van der Waals surface area (Å²) in [7, 11) is 3.44. The molecule has 2 N–H and O–H groups in total. The molecule has 4 heteroatoms. The Hall–Kier alpha value is -1.26. The molecule has 0 bridgehead atoms. The molecule has 0 radical (unpaired) electrons. The normalized spacial score (nSPS) is 33.0. The number of fused-ring (bicyclic) bond motifs is 1. The molecule has 144 valence electrons. The standard InChI is InChI=1S/C22H34N2O2/c1-25-19-9-8-16(14-20(19)26-2)22-11-10-17(23)15-21(22)24(13-12-22)18-6-4-3-5-7-18/h8-9,14,17-18,21H,3-7,10-13,15,23H2,1-2H3/t17-,21+,22+/m1/s1. The molecule has 3 atom stereocenters. The van der Waals surface area contributed by atoms with Gasteiger partial charge in [0, 0.05) is 23.5 Å². The van der Waals surface area contributed by atoms with Crippen LogP contribution in [0.1, 0.15) is 63.4 Å². The smallest absolute Gasteiger partial charge is 0.161 e. The van der Waals surface area contributed by atoms with Crippen LogP contribution in [0.2, 0.25) is 0 Å². The molecule has 2 aliphatic carbocycles. The number of methoxy groups -OCH3 is 2. The molecule has 2 saturated carbocycles. The van der Waals surface area contributed by atoms with Crippen molar-refractivity contribution in [3.05, 3.63) is 23.8 Å². The third-order valence-electron chi connectivity index (χ3n) is 7.34. The van der Waals surface area contributed by atoms with Crippen LogP contribution in [0.25, 0.3) is 0 Å². The van der Waals surface area contributed by atoms with Crippen molar-refractivity contribution in [2.45, 2.75) is 81.3 Å². The molecule has 4 rings (SSSR count). The molecule has 0 amide bonds. The zero-order chi connectivity index (χ0) is 18.1. The second-order valence-electron chi connectivity index (χ2n) is 8.56. The Labute approximate surface area is 158 Å². The average Bonchev–Trinajstić information content (AvgIpc) is 3.08. The molecule has 0 spiro atoms. The van der Waals surface area contributed by atoms with Gasteiger partial charge in [-0.25, -0.2) is 0 Å². The number of nitrogens with two attached hydrogens (primary N) is 1. The zero-order valence-electron chi connectivity index (χ0n) is 16.4. The Morgan fingerprint density at radius 1 is 1.00 bits per heavy atom. The number of nitrogens with zero attached hydrogens (tertiary/aromatic N) is 1. The maximum Gasteiger partial charge on any atom is 0.161 e. The number of ether oxygens (including phenoxy) is 2. The lowest BCUT2D eigenvalue weighted by Gasteiger charge is -2.47. The largest absolute Gasteiger partial charge is 0.493 e. The molecule has 3 aliphatic rings. The molecule has 1 heterocycles. The second kappa shape index (κ2) is 7.40. The average molecular weight is 359 g/mol. The van der Waals surface area contributed by atoms with Crippen molar-refractivity contribution in [1.29, 1.82) is 0 Å². The van der Waals surface area contributed by atoms with Crippen LogP contribution in [0.4, 0.5) is 0 Å². The van der Waals surface area contributed by atoms with E-state index in [-0.39, 0.29) is 5.41 Å². The van der Waals surface area contributed by atoms with Crippen molar-refractivity contribution in [3.8, 4) is 11.5 Å². The SMILES string of the molecule is COc1ccc([C@@]23CC[C@@H](N)C[C@@H]2N(C2CCCCC2)CC3)cc1OC. The number of benzene rings is 1.